The molecule has 0 radical (unpaired) electrons. The van der Waals surface area contributed by atoms with E-state index in [1.165, 1.54) is 5.56 Å². The van der Waals surface area contributed by atoms with Gasteiger partial charge in [-0.1, -0.05) is 5.92 Å². The fourth-order valence-corrected chi connectivity index (χ4v) is 3.17. The second-order valence-electron chi connectivity index (χ2n) is 7.20. The molecule has 0 aromatic heterocycles. The first-order chi connectivity index (χ1) is 10.7. The maximum atomic E-state index is 9.99. The number of quaternary nitrogens is 1. The summed E-state index contributed by atoms with van der Waals surface area (Å²) in [5.74, 6) is 8.34. The van der Waals surface area contributed by atoms with Gasteiger partial charge in [0.15, 0.2) is 17.5 Å². The number of fused-ring (bicyclic) bond motifs is 2. The fourth-order valence-electron chi connectivity index (χ4n) is 3.17. The van der Waals surface area contributed by atoms with E-state index >= 15 is 0 Å². The molecule has 0 saturated carbocycles. The van der Waals surface area contributed by atoms with E-state index in [2.05, 4.69) is 25.9 Å². The number of hydrogen-bond acceptors (Lipinski definition) is 4. The van der Waals surface area contributed by atoms with Gasteiger partial charge in [-0.15, -0.1) is 0 Å². The Hall–Kier alpha value is -1.90. The van der Waals surface area contributed by atoms with Crippen molar-refractivity contribution in [2.75, 3.05) is 34.5 Å². The van der Waals surface area contributed by atoms with Gasteiger partial charge in [0.25, 0.3) is 0 Å². The van der Waals surface area contributed by atoms with Crippen molar-refractivity contribution in [1.82, 2.24) is 0 Å². The van der Waals surface area contributed by atoms with Crippen molar-refractivity contribution in [3.8, 4) is 29.1 Å². The third-order valence-corrected chi connectivity index (χ3v) is 4.39. The summed E-state index contributed by atoms with van der Waals surface area (Å²) in [6, 6.07) is 1.95. The van der Waals surface area contributed by atoms with Gasteiger partial charge in [-0.3, -0.25) is 0 Å². The smallest absolute Gasteiger partial charge is 0.231 e. The number of ether oxygens (including phenoxy) is 3. The monoisotopic (exact) mass is 318 g/mol. The molecule has 1 aromatic carbocycles. The Morgan fingerprint density at radius 1 is 1.35 bits per heavy atom. The number of aliphatic hydroxyl groups is 1. The van der Waals surface area contributed by atoms with Gasteiger partial charge in [-0.25, -0.2) is 0 Å². The van der Waals surface area contributed by atoms with E-state index in [1.54, 1.807) is 21.0 Å². The normalized spacial score (nSPS) is 21.2. The van der Waals surface area contributed by atoms with Crippen molar-refractivity contribution in [1.29, 1.82) is 0 Å². The standard InChI is InChI=1S/C18H24NO4/c1-18(2,20)8-6-13-15-12(7-9-19(13,3)4)10-14-16(17(15)21-5)23-11-22-14/h10,13,20H,7,9,11H2,1-5H3/q+1/t13-/m0/s1. The zero-order valence-electron chi connectivity index (χ0n) is 14.4. The molecule has 2 heterocycles. The van der Waals surface area contributed by atoms with Gasteiger partial charge >= 0.3 is 0 Å². The predicted molar refractivity (Wildman–Crippen MR) is 86.6 cm³/mol. The summed E-state index contributed by atoms with van der Waals surface area (Å²) in [5.41, 5.74) is 1.20. The molecule has 1 N–H and O–H groups in total. The first kappa shape index (κ1) is 16.0. The van der Waals surface area contributed by atoms with Crippen LogP contribution < -0.4 is 14.2 Å². The van der Waals surface area contributed by atoms with Crippen molar-refractivity contribution in [2.45, 2.75) is 31.9 Å². The quantitative estimate of drug-likeness (QED) is 0.634. The Morgan fingerprint density at radius 2 is 2.09 bits per heavy atom. The molecule has 3 rings (SSSR count). The highest BCUT2D eigenvalue weighted by atomic mass is 16.7. The zero-order valence-corrected chi connectivity index (χ0v) is 14.4. The van der Waals surface area contributed by atoms with E-state index in [1.807, 2.05) is 6.07 Å². The van der Waals surface area contributed by atoms with E-state index in [-0.39, 0.29) is 12.8 Å². The van der Waals surface area contributed by atoms with Crippen LogP contribution in [0.5, 0.6) is 17.2 Å². The van der Waals surface area contributed by atoms with Gasteiger partial charge in [-0.2, -0.15) is 0 Å². The number of likely N-dealkylation sites (N-methyl/N-ethyl adjacent to an activating group) is 1. The molecule has 23 heavy (non-hydrogen) atoms. The first-order valence-corrected chi connectivity index (χ1v) is 7.80. The summed E-state index contributed by atoms with van der Waals surface area (Å²) in [6.45, 7) is 4.56. The molecule has 0 bridgehead atoms. The molecule has 2 aliphatic rings. The van der Waals surface area contributed by atoms with Crippen molar-refractivity contribution < 1.29 is 23.8 Å². The number of nitrogens with zero attached hydrogens (tertiary/aromatic N) is 1. The molecular formula is C18H24NO4+. The molecule has 0 amide bonds. The van der Waals surface area contributed by atoms with Crippen LogP contribution in [-0.4, -0.2) is 49.7 Å². The van der Waals surface area contributed by atoms with Crippen LogP contribution in [0.4, 0.5) is 0 Å². The fraction of sp³-hybridized carbons (Fsp3) is 0.556. The number of hydrogen-bond donors (Lipinski definition) is 1. The highest BCUT2D eigenvalue weighted by Crippen LogP contribution is 2.50. The molecule has 5 heteroatoms. The van der Waals surface area contributed by atoms with Crippen LogP contribution in [0.2, 0.25) is 0 Å². The Labute approximate surface area is 137 Å². The van der Waals surface area contributed by atoms with Gasteiger partial charge in [0.1, 0.15) is 5.60 Å². The molecule has 2 aliphatic heterocycles. The average molecular weight is 318 g/mol. The van der Waals surface area contributed by atoms with E-state index in [9.17, 15) is 5.11 Å². The van der Waals surface area contributed by atoms with Crippen LogP contribution in [-0.2, 0) is 6.42 Å². The van der Waals surface area contributed by atoms with Gasteiger partial charge in [0, 0.05) is 6.42 Å². The largest absolute Gasteiger partial charge is 0.492 e. The Kier molecular flexibility index (Phi) is 3.70. The van der Waals surface area contributed by atoms with E-state index in [0.29, 0.717) is 16.0 Å². The molecular weight excluding hydrogens is 294 g/mol. The highest BCUT2D eigenvalue weighted by Gasteiger charge is 2.40. The number of rotatable bonds is 1. The molecule has 124 valence electrons. The highest BCUT2D eigenvalue weighted by molar-refractivity contribution is 5.62. The minimum absolute atomic E-state index is 0.0883. The van der Waals surface area contributed by atoms with E-state index in [0.717, 1.165) is 24.3 Å². The lowest BCUT2D eigenvalue weighted by Gasteiger charge is -2.40. The molecule has 0 fully saturated rings. The summed E-state index contributed by atoms with van der Waals surface area (Å²) in [6.07, 6.45) is 0.927. The summed E-state index contributed by atoms with van der Waals surface area (Å²) < 4.78 is 17.5. The Morgan fingerprint density at radius 3 is 2.74 bits per heavy atom. The van der Waals surface area contributed by atoms with Crippen molar-refractivity contribution in [3.05, 3.63) is 17.2 Å². The third kappa shape index (κ3) is 2.85. The van der Waals surface area contributed by atoms with Crippen LogP contribution in [0.15, 0.2) is 6.07 Å². The SMILES string of the molecule is COc1c2c(cc3c1[C@H](C#CC(C)(C)O)[N+](C)(C)CC3)OCO2. The van der Waals surface area contributed by atoms with Crippen LogP contribution in [0.1, 0.15) is 31.0 Å². The number of methoxy groups -OCH3 is 1. The first-order valence-electron chi connectivity index (χ1n) is 7.80. The zero-order chi connectivity index (χ0) is 16.8. The molecule has 5 nitrogen and oxygen atoms in total. The lowest BCUT2D eigenvalue weighted by molar-refractivity contribution is -0.914. The summed E-state index contributed by atoms with van der Waals surface area (Å²) in [7, 11) is 5.94. The number of benzene rings is 1. The maximum Gasteiger partial charge on any atom is 0.231 e. The summed E-state index contributed by atoms with van der Waals surface area (Å²) in [4.78, 5) is 0. The van der Waals surface area contributed by atoms with E-state index in [4.69, 9.17) is 14.2 Å². The minimum atomic E-state index is -1.03. The van der Waals surface area contributed by atoms with Crippen LogP contribution in [0, 0.1) is 11.8 Å². The Balaban J connectivity index is 2.19. The topological polar surface area (TPSA) is 47.9 Å². The molecule has 0 aliphatic carbocycles. The maximum absolute atomic E-state index is 9.99. The van der Waals surface area contributed by atoms with Gasteiger partial charge in [0.2, 0.25) is 12.5 Å². The molecule has 1 aromatic rings. The summed E-state index contributed by atoms with van der Waals surface area (Å²) >= 11 is 0. The second-order valence-corrected chi connectivity index (χ2v) is 7.20. The summed E-state index contributed by atoms with van der Waals surface area (Å²) in [5, 5.41) is 9.99. The average Bonchev–Trinajstić information content (AvgIpc) is 2.90. The van der Waals surface area contributed by atoms with Gasteiger partial charge in [0.05, 0.1) is 33.3 Å². The van der Waals surface area contributed by atoms with Crippen molar-refractivity contribution in [3.63, 3.8) is 0 Å². The molecule has 0 saturated heterocycles. The lowest BCUT2D eigenvalue weighted by atomic mass is 9.89. The van der Waals surface area contributed by atoms with Crippen LogP contribution >= 0.6 is 0 Å². The van der Waals surface area contributed by atoms with Crippen molar-refractivity contribution >= 4 is 0 Å². The van der Waals surface area contributed by atoms with E-state index < -0.39 is 5.60 Å². The lowest BCUT2D eigenvalue weighted by Crippen LogP contribution is -2.47. The van der Waals surface area contributed by atoms with Crippen molar-refractivity contribution in [2.24, 2.45) is 0 Å². The van der Waals surface area contributed by atoms with Crippen LogP contribution in [0.25, 0.3) is 0 Å². The Bertz CT molecular complexity index is 692. The predicted octanol–water partition coefficient (Wildman–Crippen LogP) is 1.87. The minimum Gasteiger partial charge on any atom is -0.492 e. The van der Waals surface area contributed by atoms with Gasteiger partial charge < -0.3 is 23.8 Å². The molecule has 0 spiro atoms. The van der Waals surface area contributed by atoms with Crippen LogP contribution in [0.3, 0.4) is 0 Å². The van der Waals surface area contributed by atoms with Gasteiger partial charge in [-0.05, 0) is 31.4 Å². The molecule has 0 unspecified atom stereocenters. The third-order valence-electron chi connectivity index (χ3n) is 4.39. The molecule has 1 atom stereocenters. The second kappa shape index (κ2) is 5.33.